The van der Waals surface area contributed by atoms with Crippen LogP contribution in [-0.4, -0.2) is 14.1 Å². The van der Waals surface area contributed by atoms with Crippen LogP contribution in [0.1, 0.15) is 0 Å². The summed E-state index contributed by atoms with van der Waals surface area (Å²) in [5.41, 5.74) is 3.94. The van der Waals surface area contributed by atoms with Crippen molar-refractivity contribution in [2.75, 3.05) is 5.32 Å². The lowest BCUT2D eigenvalue weighted by atomic mass is 10.2. The molecule has 0 radical (unpaired) electrons. The van der Waals surface area contributed by atoms with Crippen LogP contribution in [0.15, 0.2) is 95.7 Å². The van der Waals surface area contributed by atoms with E-state index in [1.54, 1.807) is 6.20 Å². The van der Waals surface area contributed by atoms with Crippen LogP contribution in [0.5, 0.6) is 0 Å². The lowest BCUT2D eigenvalue weighted by Gasteiger charge is -2.08. The topological polar surface area (TPSA) is 59.5 Å². The Morgan fingerprint density at radius 1 is 0.808 bits per heavy atom. The standard InChI is InChI=1S/C20H18N6/c1-25-15-12-21-20(25)24-23-18-6-4-16(5-7-18)22-17-8-10-19(11-9-17)26-13-2-3-14-26/h2-15,22H,1H3/b24-23+. The summed E-state index contributed by atoms with van der Waals surface area (Å²) in [7, 11) is 1.88. The van der Waals surface area contributed by atoms with E-state index in [1.807, 2.05) is 66.6 Å². The Morgan fingerprint density at radius 3 is 2.08 bits per heavy atom. The predicted molar refractivity (Wildman–Crippen MR) is 103 cm³/mol. The smallest absolute Gasteiger partial charge is 0.249 e. The van der Waals surface area contributed by atoms with Crippen LogP contribution in [0, 0.1) is 0 Å². The number of aryl methyl sites for hydroxylation is 1. The van der Waals surface area contributed by atoms with Crippen molar-refractivity contribution < 1.29 is 0 Å². The Morgan fingerprint density at radius 2 is 1.46 bits per heavy atom. The summed E-state index contributed by atoms with van der Waals surface area (Å²) in [5.74, 6) is 0.579. The number of hydrogen-bond donors (Lipinski definition) is 1. The maximum absolute atomic E-state index is 4.21. The molecule has 0 bridgehead atoms. The zero-order valence-electron chi connectivity index (χ0n) is 14.3. The molecule has 2 aromatic carbocycles. The van der Waals surface area contributed by atoms with Crippen molar-refractivity contribution in [1.29, 1.82) is 0 Å². The zero-order chi connectivity index (χ0) is 17.8. The van der Waals surface area contributed by atoms with E-state index >= 15 is 0 Å². The van der Waals surface area contributed by atoms with E-state index in [0.717, 1.165) is 22.7 Å². The van der Waals surface area contributed by atoms with Crippen LogP contribution in [0.2, 0.25) is 0 Å². The molecule has 1 N–H and O–H groups in total. The first kappa shape index (κ1) is 15.8. The molecule has 0 amide bonds. The van der Waals surface area contributed by atoms with Crippen molar-refractivity contribution in [2.45, 2.75) is 0 Å². The zero-order valence-corrected chi connectivity index (χ0v) is 14.3. The number of hydrogen-bond acceptors (Lipinski definition) is 4. The first-order chi connectivity index (χ1) is 12.8. The largest absolute Gasteiger partial charge is 0.356 e. The minimum Gasteiger partial charge on any atom is -0.356 e. The molecule has 0 unspecified atom stereocenters. The quantitative estimate of drug-likeness (QED) is 0.496. The van der Waals surface area contributed by atoms with Gasteiger partial charge in [-0.1, -0.05) is 0 Å². The summed E-state index contributed by atoms with van der Waals surface area (Å²) in [6.07, 6.45) is 7.59. The minimum absolute atomic E-state index is 0.579. The van der Waals surface area contributed by atoms with Gasteiger partial charge in [0, 0.05) is 48.9 Å². The van der Waals surface area contributed by atoms with E-state index in [9.17, 15) is 0 Å². The fourth-order valence-electron chi connectivity index (χ4n) is 2.56. The van der Waals surface area contributed by atoms with Crippen molar-refractivity contribution in [3.05, 3.63) is 85.5 Å². The Balaban J connectivity index is 1.42. The molecule has 128 valence electrons. The van der Waals surface area contributed by atoms with E-state index in [4.69, 9.17) is 0 Å². The minimum atomic E-state index is 0.579. The van der Waals surface area contributed by atoms with Gasteiger partial charge in [-0.15, -0.1) is 10.2 Å². The van der Waals surface area contributed by atoms with Gasteiger partial charge in [0.25, 0.3) is 0 Å². The average molecular weight is 342 g/mol. The lowest BCUT2D eigenvalue weighted by molar-refractivity contribution is 0.893. The SMILES string of the molecule is Cn1ccnc1/N=N/c1ccc(Nc2ccc(-n3cccc3)cc2)cc1. The maximum atomic E-state index is 4.21. The molecule has 6 heteroatoms. The van der Waals surface area contributed by atoms with Gasteiger partial charge in [0.1, 0.15) is 0 Å². The number of rotatable bonds is 5. The molecule has 0 aliphatic heterocycles. The molecule has 4 rings (SSSR count). The third-order valence-electron chi connectivity index (χ3n) is 3.98. The third kappa shape index (κ3) is 3.54. The molecule has 0 saturated heterocycles. The van der Waals surface area contributed by atoms with Gasteiger partial charge in [-0.3, -0.25) is 0 Å². The molecular formula is C20H18N6. The Bertz CT molecular complexity index is 995. The van der Waals surface area contributed by atoms with Gasteiger partial charge in [0.15, 0.2) is 0 Å². The molecule has 2 aromatic heterocycles. The van der Waals surface area contributed by atoms with Crippen molar-refractivity contribution in [3.8, 4) is 5.69 Å². The Hall–Kier alpha value is -3.67. The van der Waals surface area contributed by atoms with Crippen molar-refractivity contribution in [1.82, 2.24) is 14.1 Å². The van der Waals surface area contributed by atoms with E-state index in [0.29, 0.717) is 5.95 Å². The van der Waals surface area contributed by atoms with Gasteiger partial charge in [-0.2, -0.15) is 0 Å². The highest BCUT2D eigenvalue weighted by molar-refractivity contribution is 5.62. The van der Waals surface area contributed by atoms with Crippen LogP contribution in [0.3, 0.4) is 0 Å². The second-order valence-corrected chi connectivity index (χ2v) is 5.85. The number of imidazole rings is 1. The molecule has 0 aliphatic rings. The van der Waals surface area contributed by atoms with Gasteiger partial charge >= 0.3 is 0 Å². The van der Waals surface area contributed by atoms with Crippen LogP contribution >= 0.6 is 0 Å². The fraction of sp³-hybridized carbons (Fsp3) is 0.0500. The third-order valence-corrected chi connectivity index (χ3v) is 3.98. The molecule has 0 aliphatic carbocycles. The summed E-state index contributed by atoms with van der Waals surface area (Å²) < 4.78 is 3.89. The van der Waals surface area contributed by atoms with Crippen LogP contribution in [-0.2, 0) is 7.05 Å². The highest BCUT2D eigenvalue weighted by atomic mass is 15.2. The van der Waals surface area contributed by atoms with Crippen LogP contribution in [0.4, 0.5) is 23.0 Å². The maximum Gasteiger partial charge on any atom is 0.249 e. The summed E-state index contributed by atoms with van der Waals surface area (Å²) >= 11 is 0. The highest BCUT2D eigenvalue weighted by Crippen LogP contribution is 2.22. The first-order valence-electron chi connectivity index (χ1n) is 8.27. The van der Waals surface area contributed by atoms with Gasteiger partial charge in [-0.05, 0) is 60.7 Å². The van der Waals surface area contributed by atoms with E-state index in [1.165, 1.54) is 0 Å². The predicted octanol–water partition coefficient (Wildman–Crippen LogP) is 5.37. The molecule has 26 heavy (non-hydrogen) atoms. The van der Waals surface area contributed by atoms with Crippen LogP contribution < -0.4 is 5.32 Å². The first-order valence-corrected chi connectivity index (χ1v) is 8.27. The molecule has 0 fully saturated rings. The number of aromatic nitrogens is 3. The van der Waals surface area contributed by atoms with Gasteiger partial charge in [-0.25, -0.2) is 4.98 Å². The molecular weight excluding hydrogens is 324 g/mol. The van der Waals surface area contributed by atoms with E-state index in [2.05, 4.69) is 49.4 Å². The summed E-state index contributed by atoms with van der Waals surface area (Å²) in [6.45, 7) is 0. The summed E-state index contributed by atoms with van der Waals surface area (Å²) in [5, 5.41) is 11.7. The Kier molecular flexibility index (Phi) is 4.30. The van der Waals surface area contributed by atoms with Gasteiger partial charge in [0.2, 0.25) is 5.95 Å². The second-order valence-electron chi connectivity index (χ2n) is 5.85. The molecule has 0 saturated carbocycles. The number of anilines is 2. The summed E-state index contributed by atoms with van der Waals surface area (Å²) in [4.78, 5) is 4.12. The van der Waals surface area contributed by atoms with Crippen molar-refractivity contribution >= 4 is 23.0 Å². The van der Waals surface area contributed by atoms with E-state index < -0.39 is 0 Å². The number of benzene rings is 2. The molecule has 6 nitrogen and oxygen atoms in total. The second kappa shape index (κ2) is 7.06. The normalized spacial score (nSPS) is 11.1. The lowest BCUT2D eigenvalue weighted by Crippen LogP contribution is -1.92. The van der Waals surface area contributed by atoms with Gasteiger partial charge < -0.3 is 14.5 Å². The van der Waals surface area contributed by atoms with E-state index in [-0.39, 0.29) is 0 Å². The number of nitrogens with zero attached hydrogens (tertiary/aromatic N) is 5. The monoisotopic (exact) mass is 342 g/mol. The number of nitrogens with one attached hydrogen (secondary N) is 1. The average Bonchev–Trinajstić information content (AvgIpc) is 3.34. The fourth-order valence-corrected chi connectivity index (χ4v) is 2.56. The molecule has 0 atom stereocenters. The van der Waals surface area contributed by atoms with Crippen molar-refractivity contribution in [2.24, 2.45) is 17.3 Å². The highest BCUT2D eigenvalue weighted by Gasteiger charge is 1.99. The van der Waals surface area contributed by atoms with Crippen LogP contribution in [0.25, 0.3) is 5.69 Å². The summed E-state index contributed by atoms with van der Waals surface area (Å²) in [6, 6.07) is 20.1. The number of azo groups is 1. The van der Waals surface area contributed by atoms with Gasteiger partial charge in [0.05, 0.1) is 5.69 Å². The van der Waals surface area contributed by atoms with Crippen molar-refractivity contribution in [3.63, 3.8) is 0 Å². The molecule has 0 spiro atoms. The molecule has 4 aromatic rings. The molecule has 2 heterocycles. The Labute approximate surface area is 151 Å².